The Hall–Kier alpha value is -1.76. The van der Waals surface area contributed by atoms with Crippen LogP contribution in [0, 0.1) is 0 Å². The highest BCUT2D eigenvalue weighted by molar-refractivity contribution is 7.15. The Bertz CT molecular complexity index is 601. The van der Waals surface area contributed by atoms with Crippen LogP contribution in [-0.4, -0.2) is 31.3 Å². The fourth-order valence-corrected chi connectivity index (χ4v) is 3.18. The number of thiophene rings is 1. The van der Waals surface area contributed by atoms with Crippen LogP contribution in [0.3, 0.4) is 0 Å². The lowest BCUT2D eigenvalue weighted by Gasteiger charge is -2.27. The summed E-state index contributed by atoms with van der Waals surface area (Å²) in [6.45, 7) is 5.77. The van der Waals surface area contributed by atoms with Crippen molar-refractivity contribution < 1.29 is 9.90 Å². The molecule has 0 aliphatic carbocycles. The zero-order valence-corrected chi connectivity index (χ0v) is 12.6. The molecule has 0 aliphatic heterocycles. The second kappa shape index (κ2) is 5.70. The number of carbonyl (C=O) groups is 1. The van der Waals surface area contributed by atoms with E-state index in [4.69, 9.17) is 0 Å². The average molecular weight is 294 g/mol. The minimum absolute atomic E-state index is 0.433. The molecular formula is C13H18N4O2S. The quantitative estimate of drug-likeness (QED) is 0.885. The van der Waals surface area contributed by atoms with Crippen LogP contribution in [0.1, 0.15) is 38.5 Å². The zero-order chi connectivity index (χ0) is 14.8. The van der Waals surface area contributed by atoms with E-state index in [9.17, 15) is 9.90 Å². The van der Waals surface area contributed by atoms with Crippen molar-refractivity contribution in [2.24, 2.45) is 0 Å². The highest BCUT2D eigenvalue weighted by Gasteiger charge is 2.40. The van der Waals surface area contributed by atoms with Gasteiger partial charge in [0.15, 0.2) is 11.4 Å². The van der Waals surface area contributed by atoms with E-state index in [1.807, 2.05) is 26.0 Å². The predicted molar refractivity (Wildman–Crippen MR) is 76.7 cm³/mol. The minimum Gasteiger partial charge on any atom is -0.479 e. The van der Waals surface area contributed by atoms with E-state index in [-0.39, 0.29) is 0 Å². The first-order valence-electron chi connectivity index (χ1n) is 6.70. The summed E-state index contributed by atoms with van der Waals surface area (Å²) in [4.78, 5) is 13.8. The third-order valence-electron chi connectivity index (χ3n) is 3.67. The zero-order valence-electron chi connectivity index (χ0n) is 11.8. The Morgan fingerprint density at radius 3 is 2.55 bits per heavy atom. The summed E-state index contributed by atoms with van der Waals surface area (Å²) in [5, 5.41) is 21.3. The second-order valence-corrected chi connectivity index (χ2v) is 5.75. The Morgan fingerprint density at radius 1 is 1.35 bits per heavy atom. The maximum Gasteiger partial charge on any atom is 0.331 e. The summed E-state index contributed by atoms with van der Waals surface area (Å²) < 4.78 is 1.46. The van der Waals surface area contributed by atoms with Gasteiger partial charge in [-0.25, -0.2) is 9.48 Å². The van der Waals surface area contributed by atoms with Gasteiger partial charge in [-0.3, -0.25) is 0 Å². The third-order valence-corrected chi connectivity index (χ3v) is 4.90. The first-order chi connectivity index (χ1) is 9.58. The molecule has 2 rings (SSSR count). The molecule has 0 saturated heterocycles. The molecule has 2 heterocycles. The number of carboxylic acids is 1. The fraction of sp³-hybridized carbons (Fsp3) is 0.538. The molecule has 0 amide bonds. The van der Waals surface area contributed by atoms with Crippen LogP contribution >= 0.6 is 11.3 Å². The van der Waals surface area contributed by atoms with Gasteiger partial charge in [0.1, 0.15) is 0 Å². The van der Waals surface area contributed by atoms with Crippen molar-refractivity contribution in [3.05, 3.63) is 17.0 Å². The van der Waals surface area contributed by atoms with Gasteiger partial charge in [-0.2, -0.15) is 0 Å². The maximum atomic E-state index is 11.7. The lowest BCUT2D eigenvalue weighted by Crippen LogP contribution is -2.42. The number of carboxylic acid groups (broad SMARTS) is 1. The van der Waals surface area contributed by atoms with Gasteiger partial charge in [0.25, 0.3) is 0 Å². The van der Waals surface area contributed by atoms with Crippen molar-refractivity contribution >= 4 is 17.3 Å². The fourth-order valence-electron chi connectivity index (χ4n) is 2.26. The first kappa shape index (κ1) is 14.6. The summed E-state index contributed by atoms with van der Waals surface area (Å²) >= 11 is 1.60. The van der Waals surface area contributed by atoms with Gasteiger partial charge in [0, 0.05) is 4.88 Å². The second-order valence-electron chi connectivity index (χ2n) is 4.58. The van der Waals surface area contributed by atoms with Crippen molar-refractivity contribution in [1.29, 1.82) is 0 Å². The van der Waals surface area contributed by atoms with Crippen LogP contribution in [0.25, 0.3) is 10.7 Å². The van der Waals surface area contributed by atoms with E-state index < -0.39 is 11.5 Å². The number of hydrogen-bond acceptors (Lipinski definition) is 5. The number of aromatic nitrogens is 4. The van der Waals surface area contributed by atoms with Crippen molar-refractivity contribution in [3.8, 4) is 10.7 Å². The normalized spacial score (nSPS) is 11.8. The molecule has 0 aromatic carbocycles. The number of hydrogen-bond donors (Lipinski definition) is 1. The third kappa shape index (κ3) is 2.22. The molecule has 0 atom stereocenters. The average Bonchev–Trinajstić information content (AvgIpc) is 3.08. The van der Waals surface area contributed by atoms with E-state index in [0.29, 0.717) is 18.7 Å². The first-order valence-corrected chi connectivity index (χ1v) is 7.52. The summed E-state index contributed by atoms with van der Waals surface area (Å²) in [7, 11) is 0. The van der Waals surface area contributed by atoms with Crippen LogP contribution in [-0.2, 0) is 16.8 Å². The van der Waals surface area contributed by atoms with Gasteiger partial charge in [-0.15, -0.1) is 16.4 Å². The van der Waals surface area contributed by atoms with Crippen molar-refractivity contribution in [2.45, 2.75) is 45.6 Å². The van der Waals surface area contributed by atoms with Crippen molar-refractivity contribution in [3.63, 3.8) is 0 Å². The highest BCUT2D eigenvalue weighted by Crippen LogP contribution is 2.32. The molecule has 0 unspecified atom stereocenters. The maximum absolute atomic E-state index is 11.7. The number of aryl methyl sites for hydroxylation is 1. The molecule has 7 heteroatoms. The number of tetrazole rings is 1. The monoisotopic (exact) mass is 294 g/mol. The van der Waals surface area contributed by atoms with Crippen LogP contribution in [0.15, 0.2) is 12.1 Å². The molecule has 0 radical (unpaired) electrons. The molecule has 0 spiro atoms. The Labute approximate surface area is 121 Å². The standard InChI is InChI=1S/C13H18N4O2S/c1-4-9-7-8-10(20-9)11-14-15-16-17(11)13(5-2,6-3)12(18)19/h7-8H,4-6H2,1-3H3,(H,18,19). The molecule has 6 nitrogen and oxygen atoms in total. The van der Waals surface area contributed by atoms with Crippen LogP contribution in [0.2, 0.25) is 0 Å². The van der Waals surface area contributed by atoms with E-state index in [0.717, 1.165) is 11.3 Å². The minimum atomic E-state index is -1.09. The Kier molecular flexibility index (Phi) is 4.17. The number of aliphatic carboxylic acids is 1. The largest absolute Gasteiger partial charge is 0.479 e. The molecule has 108 valence electrons. The van der Waals surface area contributed by atoms with Gasteiger partial charge in [-0.1, -0.05) is 20.8 Å². The van der Waals surface area contributed by atoms with E-state index in [2.05, 4.69) is 22.4 Å². The molecule has 0 fully saturated rings. The SMILES string of the molecule is CCc1ccc(-c2nnnn2C(CC)(CC)C(=O)O)s1. The van der Waals surface area contributed by atoms with Crippen LogP contribution in [0.5, 0.6) is 0 Å². The summed E-state index contributed by atoms with van der Waals surface area (Å²) in [5.41, 5.74) is -1.09. The topological polar surface area (TPSA) is 80.9 Å². The molecule has 0 aliphatic rings. The summed E-state index contributed by atoms with van der Waals surface area (Å²) in [6.07, 6.45) is 1.81. The van der Waals surface area contributed by atoms with E-state index >= 15 is 0 Å². The van der Waals surface area contributed by atoms with Crippen molar-refractivity contribution in [1.82, 2.24) is 20.2 Å². The lowest BCUT2D eigenvalue weighted by atomic mass is 9.93. The van der Waals surface area contributed by atoms with Gasteiger partial charge < -0.3 is 5.11 Å². The van der Waals surface area contributed by atoms with Gasteiger partial charge in [-0.05, 0) is 41.8 Å². The molecular weight excluding hydrogens is 276 g/mol. The summed E-state index contributed by atoms with van der Waals surface area (Å²) in [6, 6.07) is 3.98. The van der Waals surface area contributed by atoms with Gasteiger partial charge in [0.05, 0.1) is 4.88 Å². The molecule has 0 bridgehead atoms. The molecule has 20 heavy (non-hydrogen) atoms. The number of rotatable bonds is 6. The molecule has 0 saturated carbocycles. The van der Waals surface area contributed by atoms with Crippen LogP contribution in [0.4, 0.5) is 0 Å². The highest BCUT2D eigenvalue weighted by atomic mass is 32.1. The molecule has 2 aromatic rings. The van der Waals surface area contributed by atoms with Crippen LogP contribution < -0.4 is 0 Å². The smallest absolute Gasteiger partial charge is 0.331 e. The molecule has 2 aromatic heterocycles. The Balaban J connectivity index is 2.54. The summed E-state index contributed by atoms with van der Waals surface area (Å²) in [5.74, 6) is -0.371. The number of nitrogens with zero attached hydrogens (tertiary/aromatic N) is 4. The van der Waals surface area contributed by atoms with E-state index in [1.165, 1.54) is 9.56 Å². The van der Waals surface area contributed by atoms with Crippen molar-refractivity contribution in [2.75, 3.05) is 0 Å². The lowest BCUT2D eigenvalue weighted by molar-refractivity contribution is -0.148. The van der Waals surface area contributed by atoms with E-state index in [1.54, 1.807) is 11.3 Å². The van der Waals surface area contributed by atoms with Gasteiger partial charge >= 0.3 is 5.97 Å². The Morgan fingerprint density at radius 2 is 2.05 bits per heavy atom. The molecule has 1 N–H and O–H groups in total. The van der Waals surface area contributed by atoms with Gasteiger partial charge in [0.2, 0.25) is 0 Å². The predicted octanol–water partition coefficient (Wildman–Crippen LogP) is 2.56.